The third kappa shape index (κ3) is 5.35. The summed E-state index contributed by atoms with van der Waals surface area (Å²) in [4.78, 5) is 0. The highest BCUT2D eigenvalue weighted by atomic mass is 16.3. The van der Waals surface area contributed by atoms with Gasteiger partial charge in [-0.15, -0.1) is 13.2 Å². The van der Waals surface area contributed by atoms with E-state index in [4.69, 9.17) is 5.41 Å². The first-order valence-corrected chi connectivity index (χ1v) is 8.32. The average molecular weight is 346 g/mol. The molecule has 3 N–H and O–H groups in total. The standard InChI is InChI=1S/C21H22N2O.C2H4/c1-4-9-20(24)21(22)19-13-12-17(14-16(19)5-2)15(3)23-18-10-7-6-8-11-18;1-2/h4,6-14,22-24H,1,3,5H2,2H3;1-2H2/b20-9+,22-21?;. The van der Waals surface area contributed by atoms with E-state index in [1.54, 1.807) is 0 Å². The van der Waals surface area contributed by atoms with E-state index in [1.807, 2.05) is 55.5 Å². The van der Waals surface area contributed by atoms with Gasteiger partial charge in [-0.3, -0.25) is 5.41 Å². The van der Waals surface area contributed by atoms with Crippen molar-refractivity contribution in [3.63, 3.8) is 0 Å². The summed E-state index contributed by atoms with van der Waals surface area (Å²) in [6.07, 6.45) is 3.65. The first-order chi connectivity index (χ1) is 12.6. The van der Waals surface area contributed by atoms with Gasteiger partial charge in [0.05, 0.1) is 0 Å². The SMILES string of the molecule is C=C.C=C/C=C(/O)C(=N)c1ccc(C(=C)Nc2ccccc2)cc1CC. The topological polar surface area (TPSA) is 56.1 Å². The smallest absolute Gasteiger partial charge is 0.141 e. The molecule has 0 saturated carbocycles. The van der Waals surface area contributed by atoms with E-state index in [9.17, 15) is 5.11 Å². The Morgan fingerprint density at radius 1 is 1.15 bits per heavy atom. The molecule has 3 nitrogen and oxygen atoms in total. The molecule has 0 amide bonds. The number of aliphatic hydroxyl groups is 1. The van der Waals surface area contributed by atoms with E-state index in [0.29, 0.717) is 5.56 Å². The zero-order chi connectivity index (χ0) is 19.5. The van der Waals surface area contributed by atoms with Crippen molar-refractivity contribution in [2.45, 2.75) is 13.3 Å². The van der Waals surface area contributed by atoms with Crippen LogP contribution in [0.1, 0.15) is 23.6 Å². The second kappa shape index (κ2) is 10.5. The van der Waals surface area contributed by atoms with Crippen LogP contribution in [-0.4, -0.2) is 10.8 Å². The zero-order valence-electron chi connectivity index (χ0n) is 15.3. The maximum Gasteiger partial charge on any atom is 0.141 e. The van der Waals surface area contributed by atoms with Crippen molar-refractivity contribution >= 4 is 17.1 Å². The molecule has 0 aliphatic heterocycles. The Labute approximate surface area is 156 Å². The second-order valence-corrected chi connectivity index (χ2v) is 5.36. The van der Waals surface area contributed by atoms with Gasteiger partial charge in [-0.25, -0.2) is 0 Å². The van der Waals surface area contributed by atoms with Crippen LogP contribution >= 0.6 is 0 Å². The fraction of sp³-hybridized carbons (Fsp3) is 0.0870. The van der Waals surface area contributed by atoms with Crippen LogP contribution in [0.5, 0.6) is 0 Å². The fourth-order valence-electron chi connectivity index (χ4n) is 2.42. The van der Waals surface area contributed by atoms with Gasteiger partial charge in [0.25, 0.3) is 0 Å². The molecular formula is C23H26N2O. The van der Waals surface area contributed by atoms with Gasteiger partial charge < -0.3 is 10.4 Å². The lowest BCUT2D eigenvalue weighted by atomic mass is 9.96. The average Bonchev–Trinajstić information content (AvgIpc) is 2.69. The Balaban J connectivity index is 0.00000163. The predicted molar refractivity (Wildman–Crippen MR) is 114 cm³/mol. The maximum absolute atomic E-state index is 9.90. The highest BCUT2D eigenvalue weighted by Gasteiger charge is 2.12. The Bertz CT molecular complexity index is 804. The van der Waals surface area contributed by atoms with Gasteiger partial charge in [0.2, 0.25) is 0 Å². The second-order valence-electron chi connectivity index (χ2n) is 5.36. The summed E-state index contributed by atoms with van der Waals surface area (Å²) >= 11 is 0. The Kier molecular flexibility index (Phi) is 8.38. The quantitative estimate of drug-likeness (QED) is 0.244. The first-order valence-electron chi connectivity index (χ1n) is 8.32. The summed E-state index contributed by atoms with van der Waals surface area (Å²) in [5.74, 6) is -0.0892. The van der Waals surface area contributed by atoms with E-state index in [-0.39, 0.29) is 11.5 Å². The van der Waals surface area contributed by atoms with Gasteiger partial charge in [0, 0.05) is 16.9 Å². The number of hydrogen-bond acceptors (Lipinski definition) is 3. The number of hydrogen-bond donors (Lipinski definition) is 3. The van der Waals surface area contributed by atoms with Gasteiger partial charge in [0.15, 0.2) is 0 Å². The minimum Gasteiger partial charge on any atom is -0.506 e. The molecule has 0 aliphatic rings. The number of nitrogens with one attached hydrogen (secondary N) is 2. The van der Waals surface area contributed by atoms with Crippen molar-refractivity contribution in [1.82, 2.24) is 0 Å². The lowest BCUT2D eigenvalue weighted by Gasteiger charge is -2.14. The van der Waals surface area contributed by atoms with Crippen LogP contribution in [0.25, 0.3) is 5.70 Å². The largest absolute Gasteiger partial charge is 0.506 e. The predicted octanol–water partition coefficient (Wildman–Crippen LogP) is 6.13. The molecule has 0 spiro atoms. The fourth-order valence-corrected chi connectivity index (χ4v) is 2.42. The molecule has 0 heterocycles. The molecule has 0 aliphatic carbocycles. The lowest BCUT2D eigenvalue weighted by molar-refractivity contribution is 0.443. The monoisotopic (exact) mass is 346 g/mol. The molecule has 0 saturated heterocycles. The number of anilines is 1. The van der Waals surface area contributed by atoms with Crippen LogP contribution in [0.3, 0.4) is 0 Å². The van der Waals surface area contributed by atoms with E-state index in [2.05, 4.69) is 31.6 Å². The van der Waals surface area contributed by atoms with Crippen LogP contribution in [0.4, 0.5) is 5.69 Å². The zero-order valence-corrected chi connectivity index (χ0v) is 15.3. The molecule has 26 heavy (non-hydrogen) atoms. The van der Waals surface area contributed by atoms with Crippen LogP contribution < -0.4 is 5.32 Å². The highest BCUT2D eigenvalue weighted by molar-refractivity contribution is 6.10. The third-order valence-corrected chi connectivity index (χ3v) is 3.70. The Morgan fingerprint density at radius 3 is 2.38 bits per heavy atom. The third-order valence-electron chi connectivity index (χ3n) is 3.70. The van der Waals surface area contributed by atoms with Crippen LogP contribution in [0, 0.1) is 5.41 Å². The summed E-state index contributed by atoms with van der Waals surface area (Å²) in [6.45, 7) is 15.7. The van der Waals surface area contributed by atoms with Crippen molar-refractivity contribution in [2.24, 2.45) is 0 Å². The summed E-state index contributed by atoms with van der Waals surface area (Å²) in [5, 5.41) is 21.3. The summed E-state index contributed by atoms with van der Waals surface area (Å²) in [5.41, 5.74) is 4.52. The molecule has 0 atom stereocenters. The molecule has 0 aromatic heterocycles. The molecular weight excluding hydrogens is 320 g/mol. The number of benzene rings is 2. The van der Waals surface area contributed by atoms with Gasteiger partial charge in [-0.1, -0.05) is 56.5 Å². The van der Waals surface area contributed by atoms with Crippen molar-refractivity contribution in [2.75, 3.05) is 5.32 Å². The summed E-state index contributed by atoms with van der Waals surface area (Å²) in [7, 11) is 0. The van der Waals surface area contributed by atoms with Crippen molar-refractivity contribution in [1.29, 1.82) is 5.41 Å². The van der Waals surface area contributed by atoms with E-state index < -0.39 is 0 Å². The number of aliphatic hydroxyl groups excluding tert-OH is 1. The summed E-state index contributed by atoms with van der Waals surface area (Å²) in [6, 6.07) is 15.6. The number of para-hydroxylation sites is 1. The van der Waals surface area contributed by atoms with Crippen LogP contribution in [0.2, 0.25) is 0 Å². The van der Waals surface area contributed by atoms with E-state index in [1.165, 1.54) is 12.2 Å². The Morgan fingerprint density at radius 2 is 1.81 bits per heavy atom. The van der Waals surface area contributed by atoms with E-state index >= 15 is 0 Å². The molecule has 2 aromatic rings. The Hall–Kier alpha value is -3.33. The lowest BCUT2D eigenvalue weighted by Crippen LogP contribution is -2.08. The van der Waals surface area contributed by atoms with Crippen molar-refractivity contribution < 1.29 is 5.11 Å². The van der Waals surface area contributed by atoms with Gasteiger partial charge >= 0.3 is 0 Å². The molecule has 0 radical (unpaired) electrons. The first kappa shape index (κ1) is 20.7. The minimum absolute atomic E-state index is 0.0892. The molecule has 0 fully saturated rings. The molecule has 2 aromatic carbocycles. The number of allylic oxidation sites excluding steroid dienone is 3. The molecule has 2 rings (SSSR count). The molecule has 0 bridgehead atoms. The van der Waals surface area contributed by atoms with Crippen LogP contribution in [-0.2, 0) is 6.42 Å². The highest BCUT2D eigenvalue weighted by Crippen LogP contribution is 2.22. The van der Waals surface area contributed by atoms with Gasteiger partial charge in [-0.05, 0) is 41.8 Å². The maximum atomic E-state index is 9.90. The van der Waals surface area contributed by atoms with E-state index in [0.717, 1.165) is 28.9 Å². The van der Waals surface area contributed by atoms with Crippen molar-refractivity contribution in [3.05, 3.63) is 109 Å². The summed E-state index contributed by atoms with van der Waals surface area (Å²) < 4.78 is 0. The molecule has 134 valence electrons. The van der Waals surface area contributed by atoms with Gasteiger partial charge in [0.1, 0.15) is 11.5 Å². The number of aryl methyl sites for hydroxylation is 1. The normalized spacial score (nSPS) is 10.3. The van der Waals surface area contributed by atoms with Crippen molar-refractivity contribution in [3.8, 4) is 0 Å². The minimum atomic E-state index is -0.0892. The number of rotatable bonds is 7. The molecule has 3 heteroatoms. The molecule has 0 unspecified atom stereocenters. The van der Waals surface area contributed by atoms with Crippen LogP contribution in [0.15, 0.2) is 92.8 Å². The van der Waals surface area contributed by atoms with Gasteiger partial charge in [-0.2, -0.15) is 0 Å².